The highest BCUT2D eigenvalue weighted by molar-refractivity contribution is 7.84. The van der Waals surface area contributed by atoms with Gasteiger partial charge < -0.3 is 4.74 Å². The third-order valence-corrected chi connectivity index (χ3v) is 5.58. The summed E-state index contributed by atoms with van der Waals surface area (Å²) in [6, 6.07) is 5.23. The first kappa shape index (κ1) is 19.0. The maximum Gasteiger partial charge on any atom is 0.333 e. The minimum atomic E-state index is -4.01. The van der Waals surface area contributed by atoms with Gasteiger partial charge in [-0.3, -0.25) is 4.18 Å². The summed E-state index contributed by atoms with van der Waals surface area (Å²) in [5.74, 6) is -0.203. The SMILES string of the molecule is CCC1(CC)C[C@@H](COS(N)(=O)=O)[C@H](c2c(Cl)cccc2Cl)O1. The van der Waals surface area contributed by atoms with Crippen LogP contribution in [-0.2, 0) is 19.2 Å². The molecule has 0 aromatic heterocycles. The Kier molecular flexibility index (Phi) is 5.98. The van der Waals surface area contributed by atoms with Crippen LogP contribution in [0, 0.1) is 5.92 Å². The van der Waals surface area contributed by atoms with E-state index < -0.39 is 16.4 Å². The summed E-state index contributed by atoms with van der Waals surface area (Å²) < 4.78 is 33.4. The van der Waals surface area contributed by atoms with Gasteiger partial charge in [0.15, 0.2) is 0 Å². The van der Waals surface area contributed by atoms with E-state index in [1.807, 2.05) is 13.8 Å². The smallest absolute Gasteiger partial charge is 0.333 e. The van der Waals surface area contributed by atoms with Gasteiger partial charge in [0.25, 0.3) is 0 Å². The molecule has 1 aromatic rings. The van der Waals surface area contributed by atoms with Crippen LogP contribution in [0.2, 0.25) is 10.0 Å². The number of halogens is 2. The fraction of sp³-hybridized carbons (Fsp3) is 0.600. The first-order valence-electron chi connectivity index (χ1n) is 7.50. The maximum atomic E-state index is 11.1. The highest BCUT2D eigenvalue weighted by atomic mass is 35.5. The van der Waals surface area contributed by atoms with Crippen molar-refractivity contribution < 1.29 is 17.3 Å². The van der Waals surface area contributed by atoms with E-state index >= 15 is 0 Å². The average Bonchev–Trinajstić information content (AvgIpc) is 2.84. The Morgan fingerprint density at radius 1 is 1.30 bits per heavy atom. The van der Waals surface area contributed by atoms with Crippen LogP contribution < -0.4 is 5.14 Å². The largest absolute Gasteiger partial charge is 0.367 e. The van der Waals surface area contributed by atoms with Crippen LogP contribution in [0.4, 0.5) is 0 Å². The van der Waals surface area contributed by atoms with Crippen molar-refractivity contribution in [2.24, 2.45) is 11.1 Å². The molecule has 2 atom stereocenters. The zero-order valence-corrected chi connectivity index (χ0v) is 15.4. The molecule has 8 heteroatoms. The van der Waals surface area contributed by atoms with Gasteiger partial charge in [0.2, 0.25) is 0 Å². The van der Waals surface area contributed by atoms with Crippen molar-refractivity contribution in [1.82, 2.24) is 0 Å². The van der Waals surface area contributed by atoms with Crippen LogP contribution >= 0.6 is 23.2 Å². The van der Waals surface area contributed by atoms with Gasteiger partial charge in [-0.25, -0.2) is 5.14 Å². The number of benzene rings is 1. The second-order valence-electron chi connectivity index (χ2n) is 5.81. The van der Waals surface area contributed by atoms with Gasteiger partial charge in [-0.15, -0.1) is 0 Å². The van der Waals surface area contributed by atoms with Crippen LogP contribution in [0.25, 0.3) is 0 Å². The van der Waals surface area contributed by atoms with E-state index in [0.717, 1.165) is 12.8 Å². The van der Waals surface area contributed by atoms with Gasteiger partial charge in [-0.05, 0) is 31.4 Å². The predicted molar refractivity (Wildman–Crippen MR) is 90.8 cm³/mol. The molecule has 1 aliphatic heterocycles. The van der Waals surface area contributed by atoms with Gasteiger partial charge >= 0.3 is 10.3 Å². The Hall–Kier alpha value is -0.370. The second-order valence-corrected chi connectivity index (χ2v) is 7.84. The second kappa shape index (κ2) is 7.25. The normalized spacial score (nSPS) is 24.0. The molecular weight excluding hydrogens is 361 g/mol. The molecule has 1 aromatic carbocycles. The molecule has 0 saturated carbocycles. The molecule has 130 valence electrons. The molecule has 0 unspecified atom stereocenters. The lowest BCUT2D eigenvalue weighted by Gasteiger charge is -2.27. The first-order chi connectivity index (χ1) is 10.7. The zero-order valence-electron chi connectivity index (χ0n) is 13.1. The molecule has 2 N–H and O–H groups in total. The number of nitrogens with two attached hydrogens (primary N) is 1. The van der Waals surface area contributed by atoms with E-state index in [9.17, 15) is 8.42 Å². The highest BCUT2D eigenvalue weighted by Crippen LogP contribution is 2.50. The summed E-state index contributed by atoms with van der Waals surface area (Å²) in [5, 5.41) is 5.93. The van der Waals surface area contributed by atoms with E-state index in [0.29, 0.717) is 22.0 Å². The van der Waals surface area contributed by atoms with Crippen LogP contribution in [0.15, 0.2) is 18.2 Å². The zero-order chi connectivity index (χ0) is 17.3. The van der Waals surface area contributed by atoms with Crippen molar-refractivity contribution in [2.75, 3.05) is 6.61 Å². The lowest BCUT2D eigenvalue weighted by atomic mass is 9.87. The van der Waals surface area contributed by atoms with Gasteiger partial charge in [0.1, 0.15) is 0 Å². The molecule has 0 radical (unpaired) electrons. The summed E-state index contributed by atoms with van der Waals surface area (Å²) >= 11 is 12.6. The molecule has 1 saturated heterocycles. The fourth-order valence-electron chi connectivity index (χ4n) is 3.11. The number of hydrogen-bond donors (Lipinski definition) is 1. The van der Waals surface area contributed by atoms with Crippen molar-refractivity contribution >= 4 is 33.5 Å². The van der Waals surface area contributed by atoms with Gasteiger partial charge in [0.05, 0.1) is 18.3 Å². The Morgan fingerprint density at radius 3 is 2.35 bits per heavy atom. The molecule has 1 heterocycles. The van der Waals surface area contributed by atoms with Crippen molar-refractivity contribution in [1.29, 1.82) is 0 Å². The average molecular weight is 382 g/mol. The molecule has 0 amide bonds. The van der Waals surface area contributed by atoms with Gasteiger partial charge in [-0.1, -0.05) is 43.1 Å². The molecular formula is C15H21Cl2NO4S. The lowest BCUT2D eigenvalue weighted by molar-refractivity contribution is -0.0527. The molecule has 5 nitrogen and oxygen atoms in total. The van der Waals surface area contributed by atoms with Crippen molar-refractivity contribution in [2.45, 2.75) is 44.8 Å². The maximum absolute atomic E-state index is 11.1. The van der Waals surface area contributed by atoms with Gasteiger partial charge in [0, 0.05) is 21.5 Å². The van der Waals surface area contributed by atoms with Crippen LogP contribution in [0.1, 0.15) is 44.8 Å². The number of hydrogen-bond acceptors (Lipinski definition) is 4. The Balaban J connectivity index is 2.36. The quantitative estimate of drug-likeness (QED) is 0.811. The molecule has 0 aliphatic carbocycles. The lowest BCUT2D eigenvalue weighted by Crippen LogP contribution is -2.26. The minimum absolute atomic E-state index is 0.0627. The summed E-state index contributed by atoms with van der Waals surface area (Å²) in [6.45, 7) is 4.02. The molecule has 1 fully saturated rings. The molecule has 23 heavy (non-hydrogen) atoms. The Labute approximate surface area is 147 Å². The first-order valence-corrected chi connectivity index (χ1v) is 9.73. The Bertz CT molecular complexity index is 641. The third kappa shape index (κ3) is 4.38. The molecule has 0 bridgehead atoms. The van der Waals surface area contributed by atoms with E-state index in [-0.39, 0.29) is 18.1 Å². The summed E-state index contributed by atoms with van der Waals surface area (Å²) in [4.78, 5) is 0. The molecule has 1 aliphatic rings. The number of ether oxygens (including phenoxy) is 1. The number of rotatable bonds is 6. The van der Waals surface area contributed by atoms with Crippen LogP contribution in [0.3, 0.4) is 0 Å². The molecule has 2 rings (SSSR count). The predicted octanol–water partition coefficient (Wildman–Crippen LogP) is 3.85. The van der Waals surface area contributed by atoms with Crippen molar-refractivity contribution in [3.63, 3.8) is 0 Å². The van der Waals surface area contributed by atoms with Crippen LogP contribution in [0.5, 0.6) is 0 Å². The summed E-state index contributed by atoms with van der Waals surface area (Å²) in [5.41, 5.74) is 0.321. The summed E-state index contributed by atoms with van der Waals surface area (Å²) in [7, 11) is -4.01. The Morgan fingerprint density at radius 2 is 1.87 bits per heavy atom. The van der Waals surface area contributed by atoms with Crippen molar-refractivity contribution in [3.05, 3.63) is 33.8 Å². The fourth-order valence-corrected chi connectivity index (χ4v) is 4.09. The third-order valence-electron chi connectivity index (χ3n) is 4.46. The van der Waals surface area contributed by atoms with Crippen LogP contribution in [-0.4, -0.2) is 20.6 Å². The van der Waals surface area contributed by atoms with E-state index in [1.54, 1.807) is 18.2 Å². The van der Waals surface area contributed by atoms with E-state index in [4.69, 9.17) is 37.3 Å². The minimum Gasteiger partial charge on any atom is -0.367 e. The molecule has 0 spiro atoms. The summed E-state index contributed by atoms with van der Waals surface area (Å²) in [6.07, 6.45) is 1.82. The standard InChI is InChI=1S/C15H21Cl2NO4S/c1-3-15(4-2)8-10(9-21-23(18,19)20)14(22-15)13-11(16)6-5-7-12(13)17/h5-7,10,14H,3-4,8-9H2,1-2H3,(H2,18,19,20)/t10-,14+/m0/s1. The van der Waals surface area contributed by atoms with Gasteiger partial charge in [-0.2, -0.15) is 8.42 Å². The monoisotopic (exact) mass is 381 g/mol. The topological polar surface area (TPSA) is 78.6 Å². The highest BCUT2D eigenvalue weighted by Gasteiger charge is 2.46. The van der Waals surface area contributed by atoms with E-state index in [2.05, 4.69) is 0 Å². The van der Waals surface area contributed by atoms with E-state index in [1.165, 1.54) is 0 Å². The van der Waals surface area contributed by atoms with Crippen molar-refractivity contribution in [3.8, 4) is 0 Å².